The Morgan fingerprint density at radius 2 is 2.11 bits per heavy atom. The Morgan fingerprint density at radius 1 is 1.33 bits per heavy atom. The predicted molar refractivity (Wildman–Crippen MR) is 75.8 cm³/mol. The summed E-state index contributed by atoms with van der Waals surface area (Å²) in [6, 6.07) is 5.83. The van der Waals surface area contributed by atoms with Crippen molar-refractivity contribution < 1.29 is 0 Å². The minimum Gasteiger partial charge on any atom is -0.367 e. The van der Waals surface area contributed by atoms with Crippen LogP contribution >= 0.6 is 11.6 Å². The van der Waals surface area contributed by atoms with Gasteiger partial charge in [-0.25, -0.2) is 4.98 Å². The van der Waals surface area contributed by atoms with E-state index in [1.807, 2.05) is 0 Å². The van der Waals surface area contributed by atoms with E-state index in [0.717, 1.165) is 19.3 Å². The molecule has 3 nitrogen and oxygen atoms in total. The molecular weight excluding hydrogens is 246 g/mol. The van der Waals surface area contributed by atoms with Crippen molar-refractivity contribution in [2.75, 3.05) is 5.32 Å². The highest BCUT2D eigenvalue weighted by Gasteiger charge is 2.09. The second-order valence-corrected chi connectivity index (χ2v) is 4.84. The van der Waals surface area contributed by atoms with Crippen molar-refractivity contribution in [3.8, 4) is 6.07 Å². The molecule has 0 spiro atoms. The maximum absolute atomic E-state index is 8.90. The first-order valence-electron chi connectivity index (χ1n) is 6.53. The van der Waals surface area contributed by atoms with E-state index in [0.29, 0.717) is 22.6 Å². The zero-order valence-electron chi connectivity index (χ0n) is 11.0. The van der Waals surface area contributed by atoms with Crippen LogP contribution in [-0.2, 0) is 0 Å². The van der Waals surface area contributed by atoms with Gasteiger partial charge in [-0.1, -0.05) is 44.7 Å². The van der Waals surface area contributed by atoms with E-state index in [-0.39, 0.29) is 0 Å². The van der Waals surface area contributed by atoms with Crippen molar-refractivity contribution in [2.24, 2.45) is 0 Å². The average molecular weight is 266 g/mol. The molecule has 1 aromatic rings. The average Bonchev–Trinajstić information content (AvgIpc) is 2.35. The highest BCUT2D eigenvalue weighted by atomic mass is 35.5. The van der Waals surface area contributed by atoms with E-state index < -0.39 is 0 Å². The van der Waals surface area contributed by atoms with Crippen molar-refractivity contribution in [3.63, 3.8) is 0 Å². The molecule has 0 amide bonds. The van der Waals surface area contributed by atoms with Crippen LogP contribution in [0.15, 0.2) is 12.1 Å². The fraction of sp³-hybridized carbons (Fsp3) is 0.571. The molecule has 0 fully saturated rings. The molecule has 0 saturated carbocycles. The Labute approximate surface area is 114 Å². The molecule has 1 rings (SSSR count). The molecule has 1 unspecified atom stereocenters. The van der Waals surface area contributed by atoms with Gasteiger partial charge in [0.1, 0.15) is 11.0 Å². The lowest BCUT2D eigenvalue weighted by Crippen LogP contribution is -2.20. The van der Waals surface area contributed by atoms with Gasteiger partial charge < -0.3 is 5.32 Å². The third kappa shape index (κ3) is 4.93. The molecule has 18 heavy (non-hydrogen) atoms. The van der Waals surface area contributed by atoms with E-state index in [1.54, 1.807) is 12.1 Å². The molecule has 0 saturated heterocycles. The zero-order chi connectivity index (χ0) is 13.4. The van der Waals surface area contributed by atoms with Gasteiger partial charge in [0.05, 0.1) is 11.6 Å². The second kappa shape index (κ2) is 7.94. The fourth-order valence-corrected chi connectivity index (χ4v) is 2.14. The lowest BCUT2D eigenvalue weighted by atomic mass is 10.1. The van der Waals surface area contributed by atoms with E-state index in [4.69, 9.17) is 16.9 Å². The van der Waals surface area contributed by atoms with Crippen LogP contribution in [0, 0.1) is 11.3 Å². The van der Waals surface area contributed by atoms with Gasteiger partial charge in [0.15, 0.2) is 0 Å². The molecular formula is C14H20ClN3. The molecule has 1 heterocycles. The van der Waals surface area contributed by atoms with Gasteiger partial charge in [-0.05, 0) is 25.0 Å². The molecule has 0 radical (unpaired) electrons. The van der Waals surface area contributed by atoms with Gasteiger partial charge in [0.25, 0.3) is 0 Å². The van der Waals surface area contributed by atoms with Gasteiger partial charge in [-0.15, -0.1) is 0 Å². The normalized spacial score (nSPS) is 11.9. The number of pyridine rings is 1. The molecule has 0 aromatic carbocycles. The first-order valence-corrected chi connectivity index (χ1v) is 6.91. The minimum absolute atomic E-state index is 0.363. The number of aromatic nitrogens is 1. The number of hydrogen-bond donors (Lipinski definition) is 1. The molecule has 0 aliphatic heterocycles. The summed E-state index contributed by atoms with van der Waals surface area (Å²) in [5.41, 5.74) is 0.545. The van der Waals surface area contributed by atoms with Crippen LogP contribution in [0.3, 0.4) is 0 Å². The quantitative estimate of drug-likeness (QED) is 0.745. The van der Waals surface area contributed by atoms with Crippen LogP contribution in [0.5, 0.6) is 0 Å². The Kier molecular flexibility index (Phi) is 6.53. The molecule has 1 N–H and O–H groups in total. The molecule has 0 bridgehead atoms. The van der Waals surface area contributed by atoms with Gasteiger partial charge >= 0.3 is 0 Å². The summed E-state index contributed by atoms with van der Waals surface area (Å²) in [6.45, 7) is 4.36. The second-order valence-electron chi connectivity index (χ2n) is 4.45. The number of nitriles is 1. The standard InChI is InChI=1S/C14H20ClN3/c1-3-5-7-12(6-4-2)17-14-9-11(10-16)8-13(15)18-14/h8-9,12H,3-7H2,1-2H3,(H,17,18). The molecule has 4 heteroatoms. The smallest absolute Gasteiger partial charge is 0.132 e. The number of hydrogen-bond acceptors (Lipinski definition) is 3. The van der Waals surface area contributed by atoms with E-state index in [2.05, 4.69) is 30.2 Å². The number of nitrogens with one attached hydrogen (secondary N) is 1. The SMILES string of the molecule is CCCCC(CCC)Nc1cc(C#N)cc(Cl)n1. The largest absolute Gasteiger partial charge is 0.367 e. The third-order valence-corrected chi connectivity index (χ3v) is 3.01. The lowest BCUT2D eigenvalue weighted by molar-refractivity contribution is 0.563. The van der Waals surface area contributed by atoms with Crippen LogP contribution in [0.2, 0.25) is 5.15 Å². The maximum Gasteiger partial charge on any atom is 0.132 e. The van der Waals surface area contributed by atoms with Gasteiger partial charge in [0.2, 0.25) is 0 Å². The fourth-order valence-electron chi connectivity index (χ4n) is 1.93. The maximum atomic E-state index is 8.90. The van der Waals surface area contributed by atoms with Gasteiger partial charge in [0, 0.05) is 6.04 Å². The highest BCUT2D eigenvalue weighted by molar-refractivity contribution is 6.29. The first-order chi connectivity index (χ1) is 8.69. The van der Waals surface area contributed by atoms with Crippen molar-refractivity contribution in [1.82, 2.24) is 4.98 Å². The topological polar surface area (TPSA) is 48.7 Å². The van der Waals surface area contributed by atoms with E-state index >= 15 is 0 Å². The van der Waals surface area contributed by atoms with Crippen molar-refractivity contribution in [3.05, 3.63) is 22.8 Å². The lowest BCUT2D eigenvalue weighted by Gasteiger charge is -2.18. The van der Waals surface area contributed by atoms with Crippen LogP contribution in [0.25, 0.3) is 0 Å². The Morgan fingerprint density at radius 3 is 2.72 bits per heavy atom. The number of rotatable bonds is 7. The third-order valence-electron chi connectivity index (χ3n) is 2.82. The van der Waals surface area contributed by atoms with Crippen LogP contribution in [-0.4, -0.2) is 11.0 Å². The van der Waals surface area contributed by atoms with Crippen molar-refractivity contribution in [2.45, 2.75) is 52.0 Å². The number of anilines is 1. The van der Waals surface area contributed by atoms with E-state index in [9.17, 15) is 0 Å². The summed E-state index contributed by atoms with van der Waals surface area (Å²) in [7, 11) is 0. The van der Waals surface area contributed by atoms with Crippen LogP contribution < -0.4 is 5.32 Å². The van der Waals surface area contributed by atoms with E-state index in [1.165, 1.54) is 12.8 Å². The number of unbranched alkanes of at least 4 members (excludes halogenated alkanes) is 1. The number of halogens is 1. The monoisotopic (exact) mass is 265 g/mol. The summed E-state index contributed by atoms with van der Waals surface area (Å²) < 4.78 is 0. The molecule has 0 aliphatic rings. The van der Waals surface area contributed by atoms with Crippen LogP contribution in [0.1, 0.15) is 51.5 Å². The molecule has 1 aromatic heterocycles. The van der Waals surface area contributed by atoms with Gasteiger partial charge in [-0.2, -0.15) is 5.26 Å². The predicted octanol–water partition coefficient (Wildman–Crippen LogP) is 4.38. The van der Waals surface area contributed by atoms with Gasteiger partial charge in [-0.3, -0.25) is 0 Å². The minimum atomic E-state index is 0.363. The summed E-state index contributed by atoms with van der Waals surface area (Å²) in [6.07, 6.45) is 5.75. The summed E-state index contributed by atoms with van der Waals surface area (Å²) >= 11 is 5.89. The molecule has 98 valence electrons. The summed E-state index contributed by atoms with van der Waals surface area (Å²) in [5.74, 6) is 0.702. The Bertz CT molecular complexity index is 412. The molecule has 1 atom stereocenters. The summed E-state index contributed by atoms with van der Waals surface area (Å²) in [4.78, 5) is 4.22. The van der Waals surface area contributed by atoms with Crippen LogP contribution in [0.4, 0.5) is 5.82 Å². The Balaban J connectivity index is 2.73. The Hall–Kier alpha value is -1.27. The molecule has 0 aliphatic carbocycles. The van der Waals surface area contributed by atoms with Crippen molar-refractivity contribution >= 4 is 17.4 Å². The van der Waals surface area contributed by atoms with Crippen molar-refractivity contribution in [1.29, 1.82) is 5.26 Å². The summed E-state index contributed by atoms with van der Waals surface area (Å²) in [5, 5.41) is 12.6. The number of nitrogens with zero attached hydrogens (tertiary/aromatic N) is 2. The highest BCUT2D eigenvalue weighted by Crippen LogP contribution is 2.17. The first kappa shape index (κ1) is 14.8. The zero-order valence-corrected chi connectivity index (χ0v) is 11.8.